The van der Waals surface area contributed by atoms with E-state index in [4.69, 9.17) is 23.2 Å². The molecule has 1 amide bonds. The van der Waals surface area contributed by atoms with Crippen LogP contribution in [0.25, 0.3) is 0 Å². The molecule has 0 unspecified atom stereocenters. The van der Waals surface area contributed by atoms with Crippen LogP contribution in [0.15, 0.2) is 18.2 Å². The first kappa shape index (κ1) is 16.6. The van der Waals surface area contributed by atoms with Crippen LogP contribution in [-0.2, 0) is 11.3 Å². The van der Waals surface area contributed by atoms with Gasteiger partial charge in [-0.25, -0.2) is 0 Å². The predicted molar refractivity (Wildman–Crippen MR) is 86.9 cm³/mol. The number of likely N-dealkylation sites (tertiary alicyclic amines) is 1. The maximum Gasteiger partial charge on any atom is 0.223 e. The van der Waals surface area contributed by atoms with E-state index < -0.39 is 0 Å². The molecule has 0 aromatic heterocycles. The molecule has 0 bridgehead atoms. The van der Waals surface area contributed by atoms with Crippen LogP contribution in [0, 0.1) is 5.92 Å². The first-order chi connectivity index (χ1) is 9.97. The summed E-state index contributed by atoms with van der Waals surface area (Å²) in [6.45, 7) is 6.87. The third kappa shape index (κ3) is 4.60. The molecule has 1 saturated heterocycles. The highest BCUT2D eigenvalue weighted by atomic mass is 35.5. The maximum atomic E-state index is 12.0. The molecule has 1 aromatic carbocycles. The Morgan fingerprint density at radius 3 is 2.62 bits per heavy atom. The maximum absolute atomic E-state index is 12.0. The van der Waals surface area contributed by atoms with Gasteiger partial charge in [0, 0.05) is 30.4 Å². The summed E-state index contributed by atoms with van der Waals surface area (Å²) < 4.78 is 0. The smallest absolute Gasteiger partial charge is 0.223 e. The second kappa shape index (κ2) is 7.48. The number of amides is 1. The van der Waals surface area contributed by atoms with Crippen molar-refractivity contribution >= 4 is 29.1 Å². The fourth-order valence-corrected chi connectivity index (χ4v) is 3.21. The molecule has 2 rings (SSSR count). The predicted octanol–water partition coefficient (Wildman–Crippen LogP) is 2.31. The normalized spacial score (nSPS) is 22.3. The lowest BCUT2D eigenvalue weighted by molar-refractivity contribution is -0.919. The standard InChI is InChI=1S/C16H22Cl2N2O/c1-11(2)19-16(21)12-6-8-20(9-7-12)10-13-4-3-5-14(17)15(13)18/h3-5,11-12H,6-10H2,1-2H3,(H,19,21)/p+1. The Morgan fingerprint density at radius 2 is 2.00 bits per heavy atom. The van der Waals surface area contributed by atoms with E-state index in [1.807, 2.05) is 32.0 Å². The SMILES string of the molecule is CC(C)NC(=O)C1CC[NH+](Cc2cccc(Cl)c2Cl)CC1. The second-order valence-electron chi connectivity index (χ2n) is 6.08. The molecular weight excluding hydrogens is 307 g/mol. The number of halogens is 2. The zero-order valence-corrected chi connectivity index (χ0v) is 14.1. The number of hydrogen-bond donors (Lipinski definition) is 2. The summed E-state index contributed by atoms with van der Waals surface area (Å²) in [5, 5.41) is 4.28. The lowest BCUT2D eigenvalue weighted by Gasteiger charge is -2.29. The van der Waals surface area contributed by atoms with Crippen LogP contribution >= 0.6 is 23.2 Å². The van der Waals surface area contributed by atoms with Crippen molar-refractivity contribution in [1.82, 2.24) is 5.32 Å². The zero-order valence-electron chi connectivity index (χ0n) is 12.6. The second-order valence-corrected chi connectivity index (χ2v) is 6.86. The molecule has 1 fully saturated rings. The number of piperidine rings is 1. The van der Waals surface area contributed by atoms with E-state index in [1.165, 1.54) is 4.90 Å². The van der Waals surface area contributed by atoms with Gasteiger partial charge in [0.2, 0.25) is 5.91 Å². The van der Waals surface area contributed by atoms with Gasteiger partial charge < -0.3 is 10.2 Å². The van der Waals surface area contributed by atoms with E-state index in [1.54, 1.807) is 0 Å². The van der Waals surface area contributed by atoms with Crippen molar-refractivity contribution in [2.24, 2.45) is 5.92 Å². The number of hydrogen-bond acceptors (Lipinski definition) is 1. The molecule has 2 N–H and O–H groups in total. The molecular formula is C16H23Cl2N2O+. The number of carbonyl (C=O) groups is 1. The van der Waals surface area contributed by atoms with Crippen molar-refractivity contribution in [2.45, 2.75) is 39.3 Å². The van der Waals surface area contributed by atoms with Gasteiger partial charge in [-0.1, -0.05) is 35.3 Å². The minimum absolute atomic E-state index is 0.158. The molecule has 3 nitrogen and oxygen atoms in total. The monoisotopic (exact) mass is 329 g/mol. The average molecular weight is 330 g/mol. The van der Waals surface area contributed by atoms with Gasteiger partial charge in [-0.05, 0) is 19.9 Å². The third-order valence-electron chi connectivity index (χ3n) is 3.97. The molecule has 0 spiro atoms. The van der Waals surface area contributed by atoms with Crippen LogP contribution in [-0.4, -0.2) is 25.0 Å². The summed E-state index contributed by atoms with van der Waals surface area (Å²) in [5.74, 6) is 0.357. The molecule has 0 radical (unpaired) electrons. The van der Waals surface area contributed by atoms with E-state index in [0.29, 0.717) is 10.0 Å². The topological polar surface area (TPSA) is 33.5 Å². The summed E-state index contributed by atoms with van der Waals surface area (Å²) in [7, 11) is 0. The van der Waals surface area contributed by atoms with Gasteiger partial charge in [-0.15, -0.1) is 0 Å². The highest BCUT2D eigenvalue weighted by molar-refractivity contribution is 6.42. The van der Waals surface area contributed by atoms with Gasteiger partial charge in [0.25, 0.3) is 0 Å². The summed E-state index contributed by atoms with van der Waals surface area (Å²) >= 11 is 12.3. The van der Waals surface area contributed by atoms with Crippen molar-refractivity contribution in [1.29, 1.82) is 0 Å². The van der Waals surface area contributed by atoms with Gasteiger partial charge in [-0.2, -0.15) is 0 Å². The van der Waals surface area contributed by atoms with Gasteiger partial charge in [-0.3, -0.25) is 4.79 Å². The summed E-state index contributed by atoms with van der Waals surface area (Å²) in [6.07, 6.45) is 1.87. The summed E-state index contributed by atoms with van der Waals surface area (Å²) in [4.78, 5) is 13.5. The van der Waals surface area contributed by atoms with Crippen LogP contribution in [0.3, 0.4) is 0 Å². The summed E-state index contributed by atoms with van der Waals surface area (Å²) in [5.41, 5.74) is 1.09. The summed E-state index contributed by atoms with van der Waals surface area (Å²) in [6, 6.07) is 5.99. The number of benzene rings is 1. The minimum Gasteiger partial charge on any atom is -0.354 e. The Balaban J connectivity index is 1.87. The fourth-order valence-electron chi connectivity index (χ4n) is 2.82. The lowest BCUT2D eigenvalue weighted by Crippen LogP contribution is -3.11. The van der Waals surface area contributed by atoms with E-state index in [-0.39, 0.29) is 17.9 Å². The Morgan fingerprint density at radius 1 is 1.33 bits per heavy atom. The van der Waals surface area contributed by atoms with Crippen molar-refractivity contribution in [3.05, 3.63) is 33.8 Å². The molecule has 21 heavy (non-hydrogen) atoms. The number of carbonyl (C=O) groups excluding carboxylic acids is 1. The van der Waals surface area contributed by atoms with E-state index >= 15 is 0 Å². The first-order valence-corrected chi connectivity index (χ1v) is 8.29. The first-order valence-electron chi connectivity index (χ1n) is 7.54. The molecule has 116 valence electrons. The van der Waals surface area contributed by atoms with E-state index in [0.717, 1.165) is 38.0 Å². The molecule has 5 heteroatoms. The van der Waals surface area contributed by atoms with Crippen molar-refractivity contribution < 1.29 is 9.69 Å². The Hall–Kier alpha value is -0.770. The number of nitrogens with one attached hydrogen (secondary N) is 2. The van der Waals surface area contributed by atoms with Crippen LogP contribution in [0.4, 0.5) is 0 Å². The molecule has 0 atom stereocenters. The van der Waals surface area contributed by atoms with Crippen LogP contribution in [0.5, 0.6) is 0 Å². The molecule has 1 aliphatic rings. The molecule has 1 heterocycles. The molecule has 1 aliphatic heterocycles. The van der Waals surface area contributed by atoms with Crippen molar-refractivity contribution in [3.8, 4) is 0 Å². The Bertz CT molecular complexity index is 497. The highest BCUT2D eigenvalue weighted by Gasteiger charge is 2.28. The largest absolute Gasteiger partial charge is 0.354 e. The Kier molecular flexibility index (Phi) is 5.91. The lowest BCUT2D eigenvalue weighted by atomic mass is 9.95. The van der Waals surface area contributed by atoms with Crippen LogP contribution in [0.1, 0.15) is 32.3 Å². The van der Waals surface area contributed by atoms with Gasteiger partial charge in [0.1, 0.15) is 6.54 Å². The third-order valence-corrected chi connectivity index (χ3v) is 4.82. The van der Waals surface area contributed by atoms with Gasteiger partial charge in [0.05, 0.1) is 23.1 Å². The number of rotatable bonds is 4. The molecule has 0 saturated carbocycles. The van der Waals surface area contributed by atoms with Gasteiger partial charge in [0.15, 0.2) is 0 Å². The molecule has 0 aliphatic carbocycles. The highest BCUT2D eigenvalue weighted by Crippen LogP contribution is 2.25. The molecule has 1 aromatic rings. The average Bonchev–Trinajstić information content (AvgIpc) is 2.44. The van der Waals surface area contributed by atoms with Crippen LogP contribution < -0.4 is 10.2 Å². The van der Waals surface area contributed by atoms with E-state index in [9.17, 15) is 4.79 Å². The zero-order chi connectivity index (χ0) is 15.4. The quantitative estimate of drug-likeness (QED) is 0.873. The Labute approximate surface area is 136 Å². The fraction of sp³-hybridized carbons (Fsp3) is 0.562. The van der Waals surface area contributed by atoms with Crippen molar-refractivity contribution in [3.63, 3.8) is 0 Å². The van der Waals surface area contributed by atoms with Crippen LogP contribution in [0.2, 0.25) is 10.0 Å². The van der Waals surface area contributed by atoms with E-state index in [2.05, 4.69) is 5.32 Å². The van der Waals surface area contributed by atoms with Gasteiger partial charge >= 0.3 is 0 Å². The van der Waals surface area contributed by atoms with Crippen molar-refractivity contribution in [2.75, 3.05) is 13.1 Å². The number of quaternary nitrogens is 1. The minimum atomic E-state index is 0.158.